The number of carbonyl (C=O) groups is 1. The summed E-state index contributed by atoms with van der Waals surface area (Å²) in [6.45, 7) is 2.72. The third kappa shape index (κ3) is 3.18. The van der Waals surface area contributed by atoms with Gasteiger partial charge in [-0.15, -0.1) is 0 Å². The van der Waals surface area contributed by atoms with Crippen LogP contribution in [-0.2, 0) is 14.6 Å². The van der Waals surface area contributed by atoms with Crippen LogP contribution in [0.5, 0.6) is 0 Å². The van der Waals surface area contributed by atoms with E-state index in [1.807, 2.05) is 24.5 Å². The highest BCUT2D eigenvalue weighted by Crippen LogP contribution is 2.23. The fourth-order valence-electron chi connectivity index (χ4n) is 2.42. The first-order valence-electron chi connectivity index (χ1n) is 6.49. The summed E-state index contributed by atoms with van der Waals surface area (Å²) in [4.78, 5) is 13.8. The van der Waals surface area contributed by atoms with Gasteiger partial charge in [0.1, 0.15) is 5.25 Å². The van der Waals surface area contributed by atoms with Gasteiger partial charge in [0.2, 0.25) is 5.91 Å². The highest BCUT2D eigenvalue weighted by molar-refractivity contribution is 7.92. The van der Waals surface area contributed by atoms with E-state index in [2.05, 4.69) is 4.57 Å². The van der Waals surface area contributed by atoms with Gasteiger partial charge < -0.3 is 9.47 Å². The molecule has 1 amide bonds. The van der Waals surface area contributed by atoms with E-state index in [-0.39, 0.29) is 5.91 Å². The molecule has 0 radical (unpaired) electrons. The quantitative estimate of drug-likeness (QED) is 0.834. The van der Waals surface area contributed by atoms with Gasteiger partial charge >= 0.3 is 0 Å². The number of hydrogen-bond acceptors (Lipinski definition) is 3. The van der Waals surface area contributed by atoms with Crippen LogP contribution in [0, 0.1) is 0 Å². The number of likely N-dealkylation sites (tertiary alicyclic amines) is 1. The smallest absolute Gasteiger partial charge is 0.240 e. The van der Waals surface area contributed by atoms with Crippen molar-refractivity contribution >= 4 is 15.7 Å². The maximum atomic E-state index is 12.1. The monoisotopic (exact) mass is 284 g/mol. The van der Waals surface area contributed by atoms with E-state index in [4.69, 9.17) is 0 Å². The topological polar surface area (TPSA) is 59.4 Å². The minimum absolute atomic E-state index is 0.270. The Labute approximate surface area is 114 Å². The van der Waals surface area contributed by atoms with Crippen molar-refractivity contribution in [3.05, 3.63) is 24.5 Å². The summed E-state index contributed by atoms with van der Waals surface area (Å²) in [6, 6.07) is 4.39. The lowest BCUT2D eigenvalue weighted by Gasteiger charge is -2.33. The molecule has 1 unspecified atom stereocenters. The second-order valence-electron chi connectivity index (χ2n) is 5.16. The zero-order valence-electron chi connectivity index (χ0n) is 11.3. The van der Waals surface area contributed by atoms with Crippen LogP contribution in [0.2, 0.25) is 0 Å². The Morgan fingerprint density at radius 1 is 1.21 bits per heavy atom. The van der Waals surface area contributed by atoms with Crippen LogP contribution in [0.1, 0.15) is 25.8 Å². The Bertz CT molecular complexity index is 528. The Balaban J connectivity index is 1.95. The van der Waals surface area contributed by atoms with Crippen molar-refractivity contribution in [1.29, 1.82) is 0 Å². The molecular weight excluding hydrogens is 264 g/mol. The first kappa shape index (κ1) is 14.1. The van der Waals surface area contributed by atoms with E-state index in [1.165, 1.54) is 6.92 Å². The molecule has 2 heterocycles. The molecule has 0 saturated carbocycles. The number of nitrogens with zero attached hydrogens (tertiary/aromatic N) is 2. The zero-order chi connectivity index (χ0) is 14.0. The van der Waals surface area contributed by atoms with Crippen molar-refractivity contribution < 1.29 is 13.2 Å². The van der Waals surface area contributed by atoms with Gasteiger partial charge in [-0.1, -0.05) is 0 Å². The number of aromatic nitrogens is 1. The first-order valence-corrected chi connectivity index (χ1v) is 8.45. The first-order chi connectivity index (χ1) is 8.89. The van der Waals surface area contributed by atoms with Crippen LogP contribution in [0.4, 0.5) is 0 Å². The average molecular weight is 284 g/mol. The lowest BCUT2D eigenvalue weighted by Crippen LogP contribution is -2.45. The van der Waals surface area contributed by atoms with Crippen LogP contribution in [0.3, 0.4) is 0 Å². The highest BCUT2D eigenvalue weighted by atomic mass is 32.2. The molecule has 0 bridgehead atoms. The average Bonchev–Trinajstić information content (AvgIpc) is 2.90. The normalized spacial score (nSPS) is 19.4. The largest absolute Gasteiger partial charge is 0.351 e. The number of rotatable bonds is 3. The second kappa shape index (κ2) is 5.36. The molecule has 0 aliphatic carbocycles. The van der Waals surface area contributed by atoms with E-state index >= 15 is 0 Å². The molecule has 0 aromatic carbocycles. The van der Waals surface area contributed by atoms with Crippen molar-refractivity contribution in [2.24, 2.45) is 0 Å². The summed E-state index contributed by atoms with van der Waals surface area (Å²) in [5.74, 6) is -0.270. The highest BCUT2D eigenvalue weighted by Gasteiger charge is 2.31. The number of hydrogen-bond donors (Lipinski definition) is 0. The van der Waals surface area contributed by atoms with Crippen LogP contribution in [0.15, 0.2) is 24.5 Å². The molecule has 1 aromatic heterocycles. The minimum Gasteiger partial charge on any atom is -0.351 e. The van der Waals surface area contributed by atoms with Gasteiger partial charge in [0.05, 0.1) is 0 Å². The molecule has 1 atom stereocenters. The van der Waals surface area contributed by atoms with Crippen LogP contribution >= 0.6 is 0 Å². The molecule has 106 valence electrons. The van der Waals surface area contributed by atoms with Gasteiger partial charge in [0, 0.05) is 37.8 Å². The van der Waals surface area contributed by atoms with Gasteiger partial charge in [-0.2, -0.15) is 0 Å². The SMILES string of the molecule is CC(C(=O)N1CCC(n2cccc2)CC1)S(C)(=O)=O. The summed E-state index contributed by atoms with van der Waals surface area (Å²) in [5.41, 5.74) is 0. The molecule has 19 heavy (non-hydrogen) atoms. The fraction of sp³-hybridized carbons (Fsp3) is 0.615. The standard InChI is InChI=1S/C13H20N2O3S/c1-11(19(2,17)18)13(16)15-9-5-12(6-10-15)14-7-3-4-8-14/h3-4,7-8,11-12H,5-6,9-10H2,1-2H3. The van der Waals surface area contributed by atoms with Crippen LogP contribution in [0.25, 0.3) is 0 Å². The van der Waals surface area contributed by atoms with Crippen molar-refractivity contribution in [3.63, 3.8) is 0 Å². The third-order valence-electron chi connectivity index (χ3n) is 3.82. The van der Waals surface area contributed by atoms with Gasteiger partial charge in [-0.05, 0) is 31.9 Å². The number of amides is 1. The maximum Gasteiger partial charge on any atom is 0.240 e. The molecule has 6 heteroatoms. The molecular formula is C13H20N2O3S. The Morgan fingerprint density at radius 3 is 2.21 bits per heavy atom. The summed E-state index contributed by atoms with van der Waals surface area (Å²) < 4.78 is 25.0. The van der Waals surface area contributed by atoms with Gasteiger partial charge in [0.15, 0.2) is 9.84 Å². The molecule has 0 spiro atoms. The van der Waals surface area contributed by atoms with Crippen molar-refractivity contribution in [2.75, 3.05) is 19.3 Å². The maximum absolute atomic E-state index is 12.1. The summed E-state index contributed by atoms with van der Waals surface area (Å²) in [6.07, 6.45) is 6.92. The van der Waals surface area contributed by atoms with Crippen molar-refractivity contribution in [1.82, 2.24) is 9.47 Å². The van der Waals surface area contributed by atoms with E-state index in [0.717, 1.165) is 19.1 Å². The number of piperidine rings is 1. The Hall–Kier alpha value is -1.30. The van der Waals surface area contributed by atoms with Gasteiger partial charge in [-0.3, -0.25) is 4.79 Å². The van der Waals surface area contributed by atoms with Crippen LogP contribution in [-0.4, -0.2) is 48.4 Å². The van der Waals surface area contributed by atoms with E-state index < -0.39 is 15.1 Å². The Morgan fingerprint density at radius 2 is 1.74 bits per heavy atom. The molecule has 0 N–H and O–H groups in total. The molecule has 1 aromatic rings. The predicted octanol–water partition coefficient (Wildman–Crippen LogP) is 1.08. The van der Waals surface area contributed by atoms with Gasteiger partial charge in [-0.25, -0.2) is 8.42 Å². The van der Waals surface area contributed by atoms with E-state index in [1.54, 1.807) is 4.90 Å². The summed E-state index contributed by atoms with van der Waals surface area (Å²) in [5, 5.41) is -0.935. The number of sulfone groups is 1. The van der Waals surface area contributed by atoms with E-state index in [9.17, 15) is 13.2 Å². The van der Waals surface area contributed by atoms with Crippen molar-refractivity contribution in [2.45, 2.75) is 31.1 Å². The Kier molecular flexibility index (Phi) is 3.99. The van der Waals surface area contributed by atoms with Gasteiger partial charge in [0.25, 0.3) is 0 Å². The summed E-state index contributed by atoms with van der Waals surface area (Å²) in [7, 11) is -3.30. The third-order valence-corrected chi connectivity index (χ3v) is 5.30. The molecule has 1 aliphatic rings. The number of carbonyl (C=O) groups excluding carboxylic acids is 1. The minimum atomic E-state index is -3.30. The summed E-state index contributed by atoms with van der Waals surface area (Å²) >= 11 is 0. The lowest BCUT2D eigenvalue weighted by atomic mass is 10.0. The lowest BCUT2D eigenvalue weighted by molar-refractivity contribution is -0.131. The molecule has 1 aliphatic heterocycles. The van der Waals surface area contributed by atoms with Crippen LogP contribution < -0.4 is 0 Å². The molecule has 2 rings (SSSR count). The van der Waals surface area contributed by atoms with E-state index in [0.29, 0.717) is 19.1 Å². The zero-order valence-corrected chi connectivity index (χ0v) is 12.1. The second-order valence-corrected chi connectivity index (χ2v) is 7.52. The molecule has 5 nitrogen and oxygen atoms in total. The molecule has 1 saturated heterocycles. The predicted molar refractivity (Wildman–Crippen MR) is 73.6 cm³/mol. The van der Waals surface area contributed by atoms with Crippen molar-refractivity contribution in [3.8, 4) is 0 Å². The fourth-order valence-corrected chi connectivity index (χ4v) is 2.93. The molecule has 1 fully saturated rings.